The van der Waals surface area contributed by atoms with Crippen molar-refractivity contribution in [3.05, 3.63) is 59.8 Å². The summed E-state index contributed by atoms with van der Waals surface area (Å²) in [6.45, 7) is 3.60. The Kier molecular flexibility index (Phi) is 5.27. The Bertz CT molecular complexity index is 1040. The van der Waals surface area contributed by atoms with E-state index in [-0.39, 0.29) is 6.54 Å². The van der Waals surface area contributed by atoms with Gasteiger partial charge in [-0.1, -0.05) is 12.1 Å². The van der Waals surface area contributed by atoms with Crippen LogP contribution in [-0.2, 0) is 12.7 Å². The summed E-state index contributed by atoms with van der Waals surface area (Å²) >= 11 is 0. The van der Waals surface area contributed by atoms with E-state index in [4.69, 9.17) is 0 Å². The van der Waals surface area contributed by atoms with Crippen LogP contribution in [-0.4, -0.2) is 34.0 Å². The van der Waals surface area contributed by atoms with Gasteiger partial charge in [-0.25, -0.2) is 0 Å². The van der Waals surface area contributed by atoms with Crippen molar-refractivity contribution in [2.45, 2.75) is 38.1 Å². The summed E-state index contributed by atoms with van der Waals surface area (Å²) in [5.74, 6) is 0. The molecule has 1 aliphatic rings. The van der Waals surface area contributed by atoms with Crippen molar-refractivity contribution < 1.29 is 18.3 Å². The summed E-state index contributed by atoms with van der Waals surface area (Å²) < 4.78 is 38.8. The van der Waals surface area contributed by atoms with Gasteiger partial charge in [-0.3, -0.25) is 0 Å². The molecule has 0 bridgehead atoms. The van der Waals surface area contributed by atoms with E-state index in [9.17, 15) is 18.3 Å². The van der Waals surface area contributed by atoms with Crippen LogP contribution < -0.4 is 10.2 Å². The maximum absolute atomic E-state index is 12.9. The fourth-order valence-corrected chi connectivity index (χ4v) is 3.68. The Morgan fingerprint density at radius 1 is 1.13 bits per heavy atom. The maximum atomic E-state index is 12.9. The van der Waals surface area contributed by atoms with Crippen LogP contribution in [0.4, 0.5) is 24.5 Å². The fraction of sp³-hybridized carbons (Fsp3) is 0.364. The lowest BCUT2D eigenvalue weighted by atomic mass is 9.93. The van der Waals surface area contributed by atoms with Crippen LogP contribution in [0.25, 0.3) is 10.9 Å². The molecule has 2 N–H and O–H groups in total. The lowest BCUT2D eigenvalue weighted by Crippen LogP contribution is -2.42. The number of hydrogen-bond acceptors (Lipinski definition) is 5. The molecular weight excluding hydrogens is 393 g/mol. The van der Waals surface area contributed by atoms with E-state index in [0.29, 0.717) is 29.6 Å². The minimum atomic E-state index is -4.37. The minimum absolute atomic E-state index is 0.238. The molecule has 3 aromatic rings. The van der Waals surface area contributed by atoms with Crippen molar-refractivity contribution in [3.63, 3.8) is 0 Å². The summed E-state index contributed by atoms with van der Waals surface area (Å²) in [4.78, 5) is 2.22. The van der Waals surface area contributed by atoms with Gasteiger partial charge in [0.15, 0.2) is 0 Å². The molecule has 1 saturated heterocycles. The molecule has 158 valence electrons. The lowest BCUT2D eigenvalue weighted by molar-refractivity contribution is -0.137. The predicted octanol–water partition coefficient (Wildman–Crippen LogP) is 4.61. The number of rotatable bonds is 4. The molecule has 0 amide bonds. The average Bonchev–Trinajstić information content (AvgIpc) is 2.71. The van der Waals surface area contributed by atoms with E-state index in [1.807, 2.05) is 25.1 Å². The number of fused-ring (bicyclic) bond motifs is 1. The first-order valence-electron chi connectivity index (χ1n) is 9.84. The van der Waals surface area contributed by atoms with Crippen molar-refractivity contribution in [1.29, 1.82) is 0 Å². The zero-order valence-corrected chi connectivity index (χ0v) is 16.6. The normalized spacial score (nSPS) is 16.6. The molecule has 1 fully saturated rings. The molecule has 0 aliphatic carbocycles. The molecule has 5 nitrogen and oxygen atoms in total. The highest BCUT2D eigenvalue weighted by Gasteiger charge is 2.30. The molecule has 0 spiro atoms. The Labute approximate surface area is 172 Å². The van der Waals surface area contributed by atoms with Crippen LogP contribution in [0, 0.1) is 0 Å². The highest BCUT2D eigenvalue weighted by Crippen LogP contribution is 2.31. The molecule has 0 atom stereocenters. The summed E-state index contributed by atoms with van der Waals surface area (Å²) in [5.41, 5.74) is 1.68. The highest BCUT2D eigenvalue weighted by molar-refractivity contribution is 5.92. The summed E-state index contributed by atoms with van der Waals surface area (Å²) in [7, 11) is 0. The van der Waals surface area contributed by atoms with Crippen molar-refractivity contribution in [3.8, 4) is 0 Å². The number of aromatic nitrogens is 2. The second kappa shape index (κ2) is 7.75. The van der Waals surface area contributed by atoms with E-state index < -0.39 is 17.3 Å². The van der Waals surface area contributed by atoms with Crippen molar-refractivity contribution in [1.82, 2.24) is 10.2 Å². The molecule has 1 aliphatic heterocycles. The van der Waals surface area contributed by atoms with Gasteiger partial charge in [0.1, 0.15) is 0 Å². The van der Waals surface area contributed by atoms with Crippen LogP contribution in [0.15, 0.2) is 48.7 Å². The SMILES string of the molecule is CC1(O)CCN(c2ccc3nncc(NCc4cccc(C(F)(F)F)c4)c3c2)CC1. The second-order valence-corrected chi connectivity index (χ2v) is 8.00. The third-order valence-electron chi connectivity index (χ3n) is 5.57. The van der Waals surface area contributed by atoms with Gasteiger partial charge in [0.2, 0.25) is 0 Å². The van der Waals surface area contributed by atoms with E-state index in [1.165, 1.54) is 6.07 Å². The van der Waals surface area contributed by atoms with Gasteiger partial charge in [-0.15, -0.1) is 0 Å². The van der Waals surface area contributed by atoms with E-state index >= 15 is 0 Å². The Balaban J connectivity index is 1.56. The van der Waals surface area contributed by atoms with Crippen LogP contribution in [0.2, 0.25) is 0 Å². The van der Waals surface area contributed by atoms with Crippen molar-refractivity contribution >= 4 is 22.3 Å². The molecule has 4 rings (SSSR count). The van der Waals surface area contributed by atoms with Gasteiger partial charge in [0.05, 0.1) is 28.6 Å². The number of benzene rings is 2. The summed E-state index contributed by atoms with van der Waals surface area (Å²) in [5, 5.41) is 22.4. The van der Waals surface area contributed by atoms with Gasteiger partial charge in [0, 0.05) is 30.7 Å². The van der Waals surface area contributed by atoms with E-state index in [0.717, 1.165) is 36.3 Å². The molecule has 0 radical (unpaired) electrons. The molecule has 2 aromatic carbocycles. The number of piperidine rings is 1. The third-order valence-corrected chi connectivity index (χ3v) is 5.57. The van der Waals surface area contributed by atoms with Crippen LogP contribution in [0.5, 0.6) is 0 Å². The van der Waals surface area contributed by atoms with E-state index in [2.05, 4.69) is 20.4 Å². The highest BCUT2D eigenvalue weighted by atomic mass is 19.4. The smallest absolute Gasteiger partial charge is 0.390 e. The summed E-state index contributed by atoms with van der Waals surface area (Å²) in [6.07, 6.45) is -1.39. The van der Waals surface area contributed by atoms with E-state index in [1.54, 1.807) is 12.3 Å². The fourth-order valence-electron chi connectivity index (χ4n) is 3.68. The number of alkyl halides is 3. The Morgan fingerprint density at radius 3 is 2.63 bits per heavy atom. The first-order valence-corrected chi connectivity index (χ1v) is 9.84. The molecule has 30 heavy (non-hydrogen) atoms. The molecule has 0 unspecified atom stereocenters. The molecule has 1 aromatic heterocycles. The Morgan fingerprint density at radius 2 is 1.90 bits per heavy atom. The lowest BCUT2D eigenvalue weighted by Gasteiger charge is -2.37. The quantitative estimate of drug-likeness (QED) is 0.650. The van der Waals surface area contributed by atoms with Crippen LogP contribution in [0.1, 0.15) is 30.9 Å². The van der Waals surface area contributed by atoms with Crippen LogP contribution >= 0.6 is 0 Å². The van der Waals surface area contributed by atoms with Crippen molar-refractivity contribution in [2.24, 2.45) is 0 Å². The maximum Gasteiger partial charge on any atom is 0.416 e. The standard InChI is InChI=1S/C22H23F3N4O/c1-21(30)7-9-29(10-8-21)17-5-6-19-18(12-17)20(14-27-28-19)26-13-15-3-2-4-16(11-15)22(23,24)25/h2-6,11-12,14,30H,7-10,13H2,1H3,(H,26,28). The predicted molar refractivity (Wildman–Crippen MR) is 110 cm³/mol. The van der Waals surface area contributed by atoms with Crippen LogP contribution in [0.3, 0.4) is 0 Å². The van der Waals surface area contributed by atoms with Gasteiger partial charge in [-0.2, -0.15) is 23.4 Å². The largest absolute Gasteiger partial charge is 0.416 e. The van der Waals surface area contributed by atoms with Crippen molar-refractivity contribution in [2.75, 3.05) is 23.3 Å². The third kappa shape index (κ3) is 4.48. The molecule has 2 heterocycles. The average molecular weight is 416 g/mol. The molecule has 8 heteroatoms. The monoisotopic (exact) mass is 416 g/mol. The number of halogens is 3. The number of nitrogens with zero attached hydrogens (tertiary/aromatic N) is 3. The number of anilines is 2. The number of hydrogen-bond donors (Lipinski definition) is 2. The summed E-state index contributed by atoms with van der Waals surface area (Å²) in [6, 6.07) is 11.2. The Hall–Kier alpha value is -2.87. The minimum Gasteiger partial charge on any atom is -0.390 e. The topological polar surface area (TPSA) is 61.3 Å². The van der Waals surface area contributed by atoms with Gasteiger partial charge in [0.25, 0.3) is 0 Å². The van der Waals surface area contributed by atoms with Gasteiger partial charge < -0.3 is 15.3 Å². The molecular formula is C22H23F3N4O. The van der Waals surface area contributed by atoms with Gasteiger partial charge >= 0.3 is 6.18 Å². The first kappa shape index (κ1) is 20.4. The first-order chi connectivity index (χ1) is 14.2. The number of aliphatic hydroxyl groups is 1. The molecule has 0 saturated carbocycles. The number of nitrogens with one attached hydrogen (secondary N) is 1. The second-order valence-electron chi connectivity index (χ2n) is 8.00. The zero-order valence-electron chi connectivity index (χ0n) is 16.6. The zero-order chi connectivity index (χ0) is 21.4. The van der Waals surface area contributed by atoms with Gasteiger partial charge in [-0.05, 0) is 55.7 Å².